The van der Waals surface area contributed by atoms with Gasteiger partial charge >= 0.3 is 11.9 Å². The van der Waals surface area contributed by atoms with Crippen molar-refractivity contribution in [3.8, 4) is 0 Å². The number of hydrogen-bond acceptors (Lipinski definition) is 6. The second-order valence-electron chi connectivity index (χ2n) is 3.91. The van der Waals surface area contributed by atoms with Gasteiger partial charge in [0.25, 0.3) is 0 Å². The summed E-state index contributed by atoms with van der Waals surface area (Å²) in [7, 11) is 0. The van der Waals surface area contributed by atoms with Gasteiger partial charge in [-0.05, 0) is 22.3 Å². The van der Waals surface area contributed by atoms with Crippen molar-refractivity contribution in [2.75, 3.05) is 0 Å². The van der Waals surface area contributed by atoms with Gasteiger partial charge in [-0.2, -0.15) is 0 Å². The van der Waals surface area contributed by atoms with Crippen LogP contribution in [0.15, 0.2) is 0 Å². The molecule has 20 heavy (non-hydrogen) atoms. The number of carboxylic acids is 2. The maximum Gasteiger partial charge on any atom is 0.336 e. The van der Waals surface area contributed by atoms with Crippen molar-refractivity contribution in [3.63, 3.8) is 0 Å². The third-order valence-corrected chi connectivity index (χ3v) is 3.00. The van der Waals surface area contributed by atoms with E-state index in [2.05, 4.69) is 0 Å². The van der Waals surface area contributed by atoms with E-state index in [1.807, 2.05) is 0 Å². The molecule has 0 fully saturated rings. The number of hydrogen-bond donors (Lipinski definition) is 6. The van der Waals surface area contributed by atoms with Gasteiger partial charge < -0.3 is 30.6 Å². The van der Waals surface area contributed by atoms with Crippen LogP contribution in [0.25, 0.3) is 0 Å². The average Bonchev–Trinajstić information content (AvgIpc) is 2.42. The largest absolute Gasteiger partial charge is 0.478 e. The van der Waals surface area contributed by atoms with Crippen molar-refractivity contribution in [1.29, 1.82) is 0 Å². The Labute approximate surface area is 113 Å². The summed E-state index contributed by atoms with van der Waals surface area (Å²) in [6.45, 7) is -3.29. The maximum atomic E-state index is 11.2. The second kappa shape index (κ2) is 6.44. The fourth-order valence-corrected chi connectivity index (χ4v) is 2.18. The fraction of sp³-hybridized carbons (Fsp3) is 0.333. The smallest absolute Gasteiger partial charge is 0.336 e. The molecule has 0 aliphatic carbocycles. The van der Waals surface area contributed by atoms with E-state index in [1.165, 1.54) is 0 Å². The molecular weight excluding hydrogens is 272 g/mol. The van der Waals surface area contributed by atoms with Gasteiger partial charge in [0, 0.05) is 0 Å². The standard InChI is InChI=1S/C12H14O8/c13-1-5-6(2-14)10(12(19)20)8(4-16)7(3-15)9(5)11(17)18/h13-16H,1-4H2,(H,17,18)(H,19,20). The molecule has 8 nitrogen and oxygen atoms in total. The molecule has 0 aliphatic heterocycles. The summed E-state index contributed by atoms with van der Waals surface area (Å²) < 4.78 is 0. The van der Waals surface area contributed by atoms with Crippen LogP contribution in [-0.2, 0) is 26.4 Å². The van der Waals surface area contributed by atoms with Crippen LogP contribution >= 0.6 is 0 Å². The first-order valence-electron chi connectivity index (χ1n) is 5.53. The highest BCUT2D eigenvalue weighted by Gasteiger charge is 2.28. The molecule has 0 aliphatic rings. The summed E-state index contributed by atoms with van der Waals surface area (Å²) in [6.07, 6.45) is 0. The molecule has 0 heterocycles. The number of carbonyl (C=O) groups is 2. The Kier molecular flexibility index (Phi) is 5.17. The second-order valence-corrected chi connectivity index (χ2v) is 3.91. The van der Waals surface area contributed by atoms with Crippen LogP contribution in [0.1, 0.15) is 43.0 Å². The molecule has 0 radical (unpaired) electrons. The fourth-order valence-electron chi connectivity index (χ4n) is 2.18. The highest BCUT2D eigenvalue weighted by Crippen LogP contribution is 2.29. The molecular formula is C12H14O8. The zero-order valence-electron chi connectivity index (χ0n) is 10.3. The minimum absolute atomic E-state index is 0.293. The topological polar surface area (TPSA) is 156 Å². The molecule has 0 bridgehead atoms. The summed E-state index contributed by atoms with van der Waals surface area (Å²) in [4.78, 5) is 22.5. The molecule has 0 atom stereocenters. The monoisotopic (exact) mass is 286 g/mol. The lowest BCUT2D eigenvalue weighted by atomic mass is 9.87. The summed E-state index contributed by atoms with van der Waals surface area (Å²) in [5.41, 5.74) is -2.18. The number of rotatable bonds is 6. The van der Waals surface area contributed by atoms with E-state index in [0.29, 0.717) is 0 Å². The van der Waals surface area contributed by atoms with Gasteiger partial charge in [-0.1, -0.05) is 0 Å². The lowest BCUT2D eigenvalue weighted by molar-refractivity contribution is 0.0668. The molecule has 0 saturated carbocycles. The molecule has 0 unspecified atom stereocenters. The van der Waals surface area contributed by atoms with Crippen LogP contribution in [0.4, 0.5) is 0 Å². The van der Waals surface area contributed by atoms with Crippen LogP contribution in [0, 0.1) is 0 Å². The highest BCUT2D eigenvalue weighted by molar-refractivity contribution is 5.98. The molecule has 0 amide bonds. The SMILES string of the molecule is O=C(O)c1c(CO)c(CO)c(C(=O)O)c(CO)c1CO. The predicted octanol–water partition coefficient (Wildman–Crippen LogP) is -0.948. The van der Waals surface area contributed by atoms with Crippen molar-refractivity contribution in [2.24, 2.45) is 0 Å². The quantitative estimate of drug-likeness (QED) is 0.391. The van der Waals surface area contributed by atoms with E-state index in [9.17, 15) is 30.0 Å². The zero-order chi connectivity index (χ0) is 15.4. The molecule has 1 aromatic carbocycles. The van der Waals surface area contributed by atoms with E-state index in [-0.39, 0.29) is 22.3 Å². The first-order chi connectivity index (χ1) is 9.44. The van der Waals surface area contributed by atoms with Crippen LogP contribution in [0.5, 0.6) is 0 Å². The molecule has 6 N–H and O–H groups in total. The summed E-state index contributed by atoms with van der Waals surface area (Å²) in [6, 6.07) is 0. The summed E-state index contributed by atoms with van der Waals surface area (Å²) >= 11 is 0. The Morgan fingerprint density at radius 2 is 0.800 bits per heavy atom. The average molecular weight is 286 g/mol. The van der Waals surface area contributed by atoms with Crippen LogP contribution < -0.4 is 0 Å². The molecule has 1 rings (SSSR count). The van der Waals surface area contributed by atoms with Gasteiger partial charge in [0.05, 0.1) is 37.6 Å². The van der Waals surface area contributed by atoms with Crippen molar-refractivity contribution >= 4 is 11.9 Å². The first-order valence-corrected chi connectivity index (χ1v) is 5.53. The Morgan fingerprint density at radius 1 is 0.600 bits per heavy atom. The van der Waals surface area contributed by atoms with Gasteiger partial charge in [-0.25, -0.2) is 9.59 Å². The Bertz CT molecular complexity index is 467. The normalized spacial score (nSPS) is 10.6. The van der Waals surface area contributed by atoms with Gasteiger partial charge in [0.2, 0.25) is 0 Å². The summed E-state index contributed by atoms with van der Waals surface area (Å²) in [5.74, 6) is -3.00. The van der Waals surface area contributed by atoms with Gasteiger partial charge in [-0.3, -0.25) is 0 Å². The van der Waals surface area contributed by atoms with Crippen molar-refractivity contribution in [1.82, 2.24) is 0 Å². The number of carboxylic acid groups (broad SMARTS) is 2. The first kappa shape index (κ1) is 16.1. The van der Waals surface area contributed by atoms with Crippen LogP contribution in [0.2, 0.25) is 0 Å². The maximum absolute atomic E-state index is 11.2. The third kappa shape index (κ3) is 2.49. The predicted molar refractivity (Wildman–Crippen MR) is 64.1 cm³/mol. The molecule has 1 aromatic rings. The van der Waals surface area contributed by atoms with Gasteiger partial charge in [0.15, 0.2) is 0 Å². The Balaban J connectivity index is 3.98. The third-order valence-electron chi connectivity index (χ3n) is 3.00. The van der Waals surface area contributed by atoms with E-state index in [0.717, 1.165) is 0 Å². The molecule has 0 saturated heterocycles. The van der Waals surface area contributed by atoms with Crippen LogP contribution in [-0.4, -0.2) is 42.6 Å². The molecule has 0 spiro atoms. The number of benzene rings is 1. The number of aliphatic hydroxyl groups is 4. The minimum Gasteiger partial charge on any atom is -0.478 e. The lowest BCUT2D eigenvalue weighted by Crippen LogP contribution is -2.20. The zero-order valence-corrected chi connectivity index (χ0v) is 10.3. The molecule has 110 valence electrons. The van der Waals surface area contributed by atoms with Crippen LogP contribution in [0.3, 0.4) is 0 Å². The van der Waals surface area contributed by atoms with E-state index < -0.39 is 49.5 Å². The molecule has 0 aromatic heterocycles. The minimum atomic E-state index is -1.50. The Morgan fingerprint density at radius 3 is 0.900 bits per heavy atom. The number of aliphatic hydroxyl groups excluding tert-OH is 4. The van der Waals surface area contributed by atoms with Gasteiger partial charge in [-0.15, -0.1) is 0 Å². The number of aromatic carboxylic acids is 2. The highest BCUT2D eigenvalue weighted by atomic mass is 16.4. The Hall–Kier alpha value is -2.00. The van der Waals surface area contributed by atoms with Crippen molar-refractivity contribution in [2.45, 2.75) is 26.4 Å². The van der Waals surface area contributed by atoms with E-state index >= 15 is 0 Å². The molecule has 8 heteroatoms. The van der Waals surface area contributed by atoms with Gasteiger partial charge in [0.1, 0.15) is 0 Å². The summed E-state index contributed by atoms with van der Waals surface area (Å²) in [5, 5.41) is 55.3. The lowest BCUT2D eigenvalue weighted by Gasteiger charge is -2.20. The van der Waals surface area contributed by atoms with E-state index in [1.54, 1.807) is 0 Å². The van der Waals surface area contributed by atoms with E-state index in [4.69, 9.17) is 10.2 Å². The van der Waals surface area contributed by atoms with Crippen molar-refractivity contribution in [3.05, 3.63) is 33.4 Å². The van der Waals surface area contributed by atoms with Crippen molar-refractivity contribution < 1.29 is 40.2 Å².